The van der Waals surface area contributed by atoms with Crippen LogP contribution < -0.4 is 16.8 Å². The number of hydrogen-bond donors (Lipinski definition) is 3. The zero-order valence-corrected chi connectivity index (χ0v) is 14.3. The lowest BCUT2D eigenvalue weighted by Gasteiger charge is -2.09. The van der Waals surface area contributed by atoms with Crippen molar-refractivity contribution in [1.82, 2.24) is 19.5 Å². The molecule has 134 valence electrons. The van der Waals surface area contributed by atoms with E-state index in [1.54, 1.807) is 16.8 Å². The van der Waals surface area contributed by atoms with Gasteiger partial charge in [0.15, 0.2) is 0 Å². The fourth-order valence-electron chi connectivity index (χ4n) is 2.91. The van der Waals surface area contributed by atoms with Crippen LogP contribution in [0.15, 0.2) is 60.8 Å². The fourth-order valence-corrected chi connectivity index (χ4v) is 2.91. The summed E-state index contributed by atoms with van der Waals surface area (Å²) in [5, 5.41) is 3.14. The molecule has 1 amide bonds. The van der Waals surface area contributed by atoms with Crippen LogP contribution in [0.1, 0.15) is 5.56 Å². The van der Waals surface area contributed by atoms with Crippen molar-refractivity contribution in [2.45, 2.75) is 6.42 Å². The lowest BCUT2D eigenvalue weighted by Crippen LogP contribution is -2.13. The number of anilines is 3. The van der Waals surface area contributed by atoms with Crippen molar-refractivity contribution in [3.05, 3.63) is 66.4 Å². The van der Waals surface area contributed by atoms with Crippen LogP contribution in [0, 0.1) is 0 Å². The predicted molar refractivity (Wildman–Crippen MR) is 104 cm³/mol. The maximum Gasteiger partial charge on any atom is 0.229 e. The lowest BCUT2D eigenvalue weighted by molar-refractivity contribution is -0.117. The first-order valence-corrected chi connectivity index (χ1v) is 8.31. The number of nitrogens with zero attached hydrogens (tertiary/aromatic N) is 4. The van der Waals surface area contributed by atoms with E-state index in [1.165, 1.54) is 0 Å². The van der Waals surface area contributed by atoms with Gasteiger partial charge < -0.3 is 16.8 Å². The van der Waals surface area contributed by atoms with Gasteiger partial charge in [0.1, 0.15) is 5.82 Å². The molecule has 8 heteroatoms. The number of amides is 1. The average molecular weight is 359 g/mol. The summed E-state index contributed by atoms with van der Waals surface area (Å²) in [7, 11) is 0. The van der Waals surface area contributed by atoms with Crippen LogP contribution in [0.25, 0.3) is 16.9 Å². The van der Waals surface area contributed by atoms with Crippen molar-refractivity contribution in [2.75, 3.05) is 11.1 Å². The van der Waals surface area contributed by atoms with Gasteiger partial charge in [0.05, 0.1) is 17.5 Å². The lowest BCUT2D eigenvalue weighted by atomic mass is 10.1. The summed E-state index contributed by atoms with van der Waals surface area (Å²) in [4.78, 5) is 24.3. The molecule has 2 aromatic carbocycles. The van der Waals surface area contributed by atoms with E-state index in [4.69, 9.17) is 11.5 Å². The largest absolute Gasteiger partial charge is 0.369 e. The van der Waals surface area contributed by atoms with Gasteiger partial charge >= 0.3 is 0 Å². The molecular weight excluding hydrogens is 342 g/mol. The van der Waals surface area contributed by atoms with Gasteiger partial charge in [-0.15, -0.1) is 0 Å². The zero-order chi connectivity index (χ0) is 18.8. The number of primary amides is 1. The third-order valence-electron chi connectivity index (χ3n) is 4.02. The molecule has 5 N–H and O–H groups in total. The molecule has 0 saturated heterocycles. The normalized spacial score (nSPS) is 10.8. The van der Waals surface area contributed by atoms with Crippen LogP contribution in [-0.2, 0) is 11.2 Å². The Morgan fingerprint density at radius 3 is 2.78 bits per heavy atom. The Labute approximate surface area is 154 Å². The van der Waals surface area contributed by atoms with E-state index in [2.05, 4.69) is 20.3 Å². The molecule has 0 bridgehead atoms. The highest BCUT2D eigenvalue weighted by molar-refractivity contribution is 5.80. The van der Waals surface area contributed by atoms with Crippen LogP contribution in [0.5, 0.6) is 0 Å². The number of benzene rings is 2. The van der Waals surface area contributed by atoms with Crippen molar-refractivity contribution in [3.8, 4) is 5.82 Å². The second kappa shape index (κ2) is 6.75. The Balaban J connectivity index is 1.67. The summed E-state index contributed by atoms with van der Waals surface area (Å²) < 4.78 is 1.77. The molecule has 0 aliphatic heterocycles. The van der Waals surface area contributed by atoms with Gasteiger partial charge in [0, 0.05) is 18.0 Å². The Kier molecular flexibility index (Phi) is 4.13. The molecule has 4 rings (SSSR count). The Morgan fingerprint density at radius 1 is 1.07 bits per heavy atom. The summed E-state index contributed by atoms with van der Waals surface area (Å²) in [6.45, 7) is 0. The minimum absolute atomic E-state index is 0.175. The molecule has 0 aliphatic carbocycles. The van der Waals surface area contributed by atoms with Crippen molar-refractivity contribution < 1.29 is 4.79 Å². The van der Waals surface area contributed by atoms with Gasteiger partial charge in [-0.2, -0.15) is 4.98 Å². The van der Waals surface area contributed by atoms with Gasteiger partial charge in [-0.3, -0.25) is 9.36 Å². The first kappa shape index (κ1) is 16.5. The Bertz CT molecular complexity index is 1140. The molecule has 0 unspecified atom stereocenters. The van der Waals surface area contributed by atoms with Crippen LogP contribution in [-0.4, -0.2) is 25.4 Å². The topological polar surface area (TPSA) is 125 Å². The Hall–Kier alpha value is -3.94. The molecule has 2 heterocycles. The SMILES string of the molecule is NC(=O)Cc1cccc(Nc2nccc(-n3c(N)nc4ccccc43)n2)c1. The average Bonchev–Trinajstić information content (AvgIpc) is 2.97. The van der Waals surface area contributed by atoms with Gasteiger partial charge in [-0.05, 0) is 29.8 Å². The highest BCUT2D eigenvalue weighted by Gasteiger charge is 2.11. The van der Waals surface area contributed by atoms with Gasteiger partial charge in [0.2, 0.25) is 17.8 Å². The number of para-hydroxylation sites is 2. The van der Waals surface area contributed by atoms with Gasteiger partial charge in [-0.1, -0.05) is 24.3 Å². The molecule has 0 aliphatic rings. The van der Waals surface area contributed by atoms with Crippen LogP contribution >= 0.6 is 0 Å². The molecule has 2 aromatic heterocycles. The summed E-state index contributed by atoms with van der Waals surface area (Å²) in [5.41, 5.74) is 14.6. The minimum Gasteiger partial charge on any atom is -0.369 e. The number of imidazole rings is 1. The quantitative estimate of drug-likeness (QED) is 0.501. The van der Waals surface area contributed by atoms with Crippen LogP contribution in [0.3, 0.4) is 0 Å². The molecule has 8 nitrogen and oxygen atoms in total. The number of nitrogens with two attached hydrogens (primary N) is 2. The van der Waals surface area contributed by atoms with E-state index in [-0.39, 0.29) is 12.3 Å². The van der Waals surface area contributed by atoms with E-state index in [1.807, 2.05) is 48.5 Å². The number of carbonyl (C=O) groups is 1. The number of rotatable bonds is 5. The molecule has 0 saturated carbocycles. The fraction of sp³-hybridized carbons (Fsp3) is 0.0526. The highest BCUT2D eigenvalue weighted by Crippen LogP contribution is 2.22. The van der Waals surface area contributed by atoms with Gasteiger partial charge in [0.25, 0.3) is 0 Å². The molecule has 0 spiro atoms. The van der Waals surface area contributed by atoms with Crippen molar-refractivity contribution in [3.63, 3.8) is 0 Å². The molecular formula is C19H17N7O. The third-order valence-corrected chi connectivity index (χ3v) is 4.02. The van der Waals surface area contributed by atoms with E-state index >= 15 is 0 Å². The number of carbonyl (C=O) groups excluding carboxylic acids is 1. The first-order chi connectivity index (χ1) is 13.1. The first-order valence-electron chi connectivity index (χ1n) is 8.31. The second-order valence-electron chi connectivity index (χ2n) is 6.00. The molecule has 4 aromatic rings. The zero-order valence-electron chi connectivity index (χ0n) is 14.3. The second-order valence-corrected chi connectivity index (χ2v) is 6.00. The minimum atomic E-state index is -0.382. The number of nitrogen functional groups attached to an aromatic ring is 1. The molecule has 0 fully saturated rings. The van der Waals surface area contributed by atoms with Crippen molar-refractivity contribution in [1.29, 1.82) is 0 Å². The summed E-state index contributed by atoms with van der Waals surface area (Å²) in [6, 6.07) is 16.8. The standard InChI is InChI=1S/C19H17N7O/c20-16(27)11-12-4-3-5-13(10-12)23-19-22-9-8-17(25-19)26-15-7-2-1-6-14(15)24-18(26)21/h1-10H,11H2,(H2,20,27)(H2,21,24)(H,22,23,25). The van der Waals surface area contributed by atoms with Gasteiger partial charge in [-0.25, -0.2) is 9.97 Å². The highest BCUT2D eigenvalue weighted by atomic mass is 16.1. The molecule has 27 heavy (non-hydrogen) atoms. The predicted octanol–water partition coefficient (Wildman–Crippen LogP) is 2.17. The summed E-state index contributed by atoms with van der Waals surface area (Å²) in [6.07, 6.45) is 1.82. The maximum absolute atomic E-state index is 11.1. The molecule has 0 atom stereocenters. The number of aromatic nitrogens is 4. The van der Waals surface area contributed by atoms with Crippen molar-refractivity contribution in [2.24, 2.45) is 5.73 Å². The number of nitrogens with one attached hydrogen (secondary N) is 1. The number of fused-ring (bicyclic) bond motifs is 1. The van der Waals surface area contributed by atoms with E-state index < -0.39 is 0 Å². The van der Waals surface area contributed by atoms with Crippen LogP contribution in [0.2, 0.25) is 0 Å². The monoisotopic (exact) mass is 359 g/mol. The summed E-state index contributed by atoms with van der Waals surface area (Å²) >= 11 is 0. The third kappa shape index (κ3) is 3.40. The van der Waals surface area contributed by atoms with E-state index in [9.17, 15) is 4.79 Å². The van der Waals surface area contributed by atoms with Crippen LogP contribution in [0.4, 0.5) is 17.6 Å². The maximum atomic E-state index is 11.1. The number of hydrogen-bond acceptors (Lipinski definition) is 6. The Morgan fingerprint density at radius 2 is 1.93 bits per heavy atom. The smallest absolute Gasteiger partial charge is 0.229 e. The molecule has 0 radical (unpaired) electrons. The van der Waals surface area contributed by atoms with E-state index in [0.29, 0.717) is 17.7 Å². The van der Waals surface area contributed by atoms with E-state index in [0.717, 1.165) is 22.3 Å². The van der Waals surface area contributed by atoms with Crippen molar-refractivity contribution >= 4 is 34.5 Å². The summed E-state index contributed by atoms with van der Waals surface area (Å²) in [5.74, 6) is 0.977.